The molecule has 1 N–H and O–H groups in total. The second-order valence-corrected chi connectivity index (χ2v) is 9.83. The lowest BCUT2D eigenvalue weighted by Crippen LogP contribution is -2.36. The van der Waals surface area contributed by atoms with E-state index in [1.807, 2.05) is 24.3 Å². The second-order valence-electron chi connectivity index (χ2n) is 7.52. The van der Waals surface area contributed by atoms with Gasteiger partial charge in [0.25, 0.3) is 5.88 Å². The van der Waals surface area contributed by atoms with Gasteiger partial charge in [0.05, 0.1) is 37.5 Å². The molecule has 0 unspecified atom stereocenters. The van der Waals surface area contributed by atoms with Crippen molar-refractivity contribution in [3.05, 3.63) is 36.3 Å². The minimum atomic E-state index is -2.93. The van der Waals surface area contributed by atoms with Gasteiger partial charge in [0.15, 0.2) is 0 Å². The van der Waals surface area contributed by atoms with Crippen molar-refractivity contribution in [1.82, 2.24) is 9.97 Å². The average Bonchev–Trinajstić information content (AvgIpc) is 2.76. The van der Waals surface area contributed by atoms with Gasteiger partial charge in [-0.1, -0.05) is 0 Å². The number of nitrogens with one attached hydrogen (secondary N) is 1. The van der Waals surface area contributed by atoms with E-state index in [0.717, 1.165) is 43.9 Å². The van der Waals surface area contributed by atoms with Gasteiger partial charge in [0.1, 0.15) is 9.84 Å². The summed E-state index contributed by atoms with van der Waals surface area (Å²) in [7, 11) is -2.93. The molecule has 0 atom stereocenters. The summed E-state index contributed by atoms with van der Waals surface area (Å²) in [6.07, 6.45) is 2.11. The summed E-state index contributed by atoms with van der Waals surface area (Å²) < 4.78 is 48.0. The van der Waals surface area contributed by atoms with Crippen molar-refractivity contribution >= 4 is 27.2 Å². The normalized spacial score (nSPS) is 19.4. The van der Waals surface area contributed by atoms with Crippen LogP contribution in [0, 0.1) is 11.7 Å². The first-order valence-electron chi connectivity index (χ1n) is 10.0. The fourth-order valence-electron chi connectivity index (χ4n) is 3.52. The first-order valence-corrected chi connectivity index (χ1v) is 11.9. The molecule has 0 spiro atoms. The number of hydrogen-bond donors (Lipinski definition) is 1. The molecule has 2 aliphatic heterocycles. The smallest absolute Gasteiger partial charge is 0.255 e. The summed E-state index contributed by atoms with van der Waals surface area (Å²) in [5.41, 5.74) is 1.89. The molecule has 8 nitrogen and oxygen atoms in total. The molecule has 2 saturated heterocycles. The van der Waals surface area contributed by atoms with Gasteiger partial charge in [-0.3, -0.25) is 0 Å². The van der Waals surface area contributed by atoms with Gasteiger partial charge < -0.3 is 19.7 Å². The molecule has 4 rings (SSSR count). The lowest BCUT2D eigenvalue weighted by Gasteiger charge is -2.28. The van der Waals surface area contributed by atoms with Crippen molar-refractivity contribution in [2.24, 2.45) is 5.92 Å². The highest BCUT2D eigenvalue weighted by atomic mass is 32.2. The van der Waals surface area contributed by atoms with Crippen LogP contribution in [0.15, 0.2) is 30.5 Å². The topological polar surface area (TPSA) is 93.7 Å². The van der Waals surface area contributed by atoms with Gasteiger partial charge in [0, 0.05) is 24.5 Å². The molecule has 162 valence electrons. The molecule has 2 aliphatic rings. The fourth-order valence-corrected chi connectivity index (χ4v) is 5.11. The minimum absolute atomic E-state index is 0.0760. The highest BCUT2D eigenvalue weighted by molar-refractivity contribution is 7.91. The van der Waals surface area contributed by atoms with Crippen LogP contribution >= 0.6 is 0 Å². The molecular formula is C20H25FN4O4S. The van der Waals surface area contributed by atoms with Gasteiger partial charge in [-0.15, -0.1) is 0 Å². The van der Waals surface area contributed by atoms with Crippen molar-refractivity contribution in [3.63, 3.8) is 0 Å². The van der Waals surface area contributed by atoms with E-state index in [2.05, 4.69) is 20.2 Å². The Hall–Kier alpha value is -2.46. The van der Waals surface area contributed by atoms with E-state index in [1.165, 1.54) is 0 Å². The van der Waals surface area contributed by atoms with Crippen molar-refractivity contribution in [2.75, 3.05) is 54.6 Å². The van der Waals surface area contributed by atoms with Crippen LogP contribution < -0.4 is 15.0 Å². The fraction of sp³-hybridized carbons (Fsp3) is 0.500. The molecule has 1 aromatic carbocycles. The highest BCUT2D eigenvalue weighted by Crippen LogP contribution is 2.24. The number of rotatable bonds is 6. The number of benzene rings is 1. The molecule has 2 aromatic rings. The monoisotopic (exact) mass is 436 g/mol. The lowest BCUT2D eigenvalue weighted by atomic mass is 10.0. The van der Waals surface area contributed by atoms with E-state index in [9.17, 15) is 12.8 Å². The molecule has 0 radical (unpaired) electrons. The Kier molecular flexibility index (Phi) is 6.33. The zero-order valence-electron chi connectivity index (χ0n) is 16.6. The maximum absolute atomic E-state index is 14.1. The first kappa shape index (κ1) is 20.8. The van der Waals surface area contributed by atoms with Crippen LogP contribution in [0.1, 0.15) is 12.8 Å². The van der Waals surface area contributed by atoms with Crippen LogP contribution in [-0.2, 0) is 14.6 Å². The Morgan fingerprint density at radius 2 is 1.87 bits per heavy atom. The molecular weight excluding hydrogens is 411 g/mol. The Bertz CT molecular complexity index is 951. The quantitative estimate of drug-likeness (QED) is 0.738. The third-order valence-corrected chi connectivity index (χ3v) is 7.06. The SMILES string of the molecule is O=S1(=O)CCC(COc2nc(Nc3ccc(N4CCOCC4)cc3)ncc2F)CC1. The molecule has 0 saturated carbocycles. The maximum atomic E-state index is 14.1. The van der Waals surface area contributed by atoms with Crippen LogP contribution in [0.3, 0.4) is 0 Å². The minimum Gasteiger partial charge on any atom is -0.475 e. The van der Waals surface area contributed by atoms with Crippen molar-refractivity contribution in [3.8, 4) is 5.88 Å². The maximum Gasteiger partial charge on any atom is 0.255 e. The van der Waals surface area contributed by atoms with Gasteiger partial charge in [-0.2, -0.15) is 9.37 Å². The van der Waals surface area contributed by atoms with E-state index in [1.54, 1.807) is 0 Å². The van der Waals surface area contributed by atoms with Crippen molar-refractivity contribution in [1.29, 1.82) is 0 Å². The molecule has 1 aromatic heterocycles. The molecule has 0 amide bonds. The number of morpholine rings is 1. The predicted octanol–water partition coefficient (Wildman–Crippen LogP) is 2.40. The summed E-state index contributed by atoms with van der Waals surface area (Å²) in [6, 6.07) is 7.85. The molecule has 2 fully saturated rings. The predicted molar refractivity (Wildman–Crippen MR) is 112 cm³/mol. The van der Waals surface area contributed by atoms with Gasteiger partial charge in [-0.25, -0.2) is 13.4 Å². The molecule has 10 heteroatoms. The summed E-state index contributed by atoms with van der Waals surface area (Å²) in [5, 5.41) is 3.06. The number of hydrogen-bond acceptors (Lipinski definition) is 8. The summed E-state index contributed by atoms with van der Waals surface area (Å²) in [6.45, 7) is 3.41. The Morgan fingerprint density at radius 3 is 2.57 bits per heavy atom. The number of nitrogens with zero attached hydrogens (tertiary/aromatic N) is 3. The Balaban J connectivity index is 1.35. The zero-order valence-corrected chi connectivity index (χ0v) is 17.4. The summed E-state index contributed by atoms with van der Waals surface area (Å²) in [5.74, 6) is -0.164. The zero-order chi connectivity index (χ0) is 21.0. The number of aromatic nitrogens is 2. The van der Waals surface area contributed by atoms with Crippen LogP contribution in [0.5, 0.6) is 5.88 Å². The molecule has 0 bridgehead atoms. The van der Waals surface area contributed by atoms with Crippen molar-refractivity contribution in [2.45, 2.75) is 12.8 Å². The first-order chi connectivity index (χ1) is 14.5. The standard InChI is InChI=1S/C20H25FN4O4S/c21-18-13-22-20(24-19(18)29-14-15-5-11-30(26,27)12-6-15)23-16-1-3-17(4-2-16)25-7-9-28-10-8-25/h1-4,13,15H,5-12,14H2,(H,22,23,24). The average molecular weight is 437 g/mol. The van der Waals surface area contributed by atoms with Gasteiger partial charge in [0.2, 0.25) is 11.8 Å². The van der Waals surface area contributed by atoms with Crippen LogP contribution in [0.25, 0.3) is 0 Å². The van der Waals surface area contributed by atoms with Gasteiger partial charge in [-0.05, 0) is 43.0 Å². The van der Waals surface area contributed by atoms with E-state index >= 15 is 0 Å². The Morgan fingerprint density at radius 1 is 1.17 bits per heavy atom. The number of ether oxygens (including phenoxy) is 2. The van der Waals surface area contributed by atoms with Crippen LogP contribution in [0.2, 0.25) is 0 Å². The molecule has 3 heterocycles. The van der Waals surface area contributed by atoms with E-state index in [0.29, 0.717) is 12.8 Å². The second kappa shape index (κ2) is 9.13. The van der Waals surface area contributed by atoms with Gasteiger partial charge >= 0.3 is 0 Å². The van der Waals surface area contributed by atoms with E-state index < -0.39 is 15.7 Å². The third kappa shape index (κ3) is 5.37. The summed E-state index contributed by atoms with van der Waals surface area (Å²) in [4.78, 5) is 10.4. The number of halogens is 1. The molecule has 30 heavy (non-hydrogen) atoms. The Labute approximate surface area is 175 Å². The van der Waals surface area contributed by atoms with Crippen LogP contribution in [-0.4, -0.2) is 62.8 Å². The van der Waals surface area contributed by atoms with E-state index in [-0.39, 0.29) is 35.9 Å². The number of sulfone groups is 1. The van der Waals surface area contributed by atoms with E-state index in [4.69, 9.17) is 9.47 Å². The molecule has 0 aliphatic carbocycles. The summed E-state index contributed by atoms with van der Waals surface area (Å²) >= 11 is 0. The lowest BCUT2D eigenvalue weighted by molar-refractivity contribution is 0.122. The third-order valence-electron chi connectivity index (χ3n) is 5.34. The largest absolute Gasteiger partial charge is 0.475 e. The number of anilines is 3. The van der Waals surface area contributed by atoms with Crippen LogP contribution in [0.4, 0.5) is 21.7 Å². The van der Waals surface area contributed by atoms with Crippen molar-refractivity contribution < 1.29 is 22.3 Å². The highest BCUT2D eigenvalue weighted by Gasteiger charge is 2.24.